The highest BCUT2D eigenvalue weighted by atomic mass is 32.1. The van der Waals surface area contributed by atoms with E-state index in [0.717, 1.165) is 0 Å². The molecule has 0 unspecified atom stereocenters. The Kier molecular flexibility index (Phi) is 2.86. The summed E-state index contributed by atoms with van der Waals surface area (Å²) < 4.78 is 0. The number of nitrogens with two attached hydrogens (primary N) is 1. The van der Waals surface area contributed by atoms with Crippen LogP contribution in [0.3, 0.4) is 0 Å². The van der Waals surface area contributed by atoms with Crippen LogP contribution >= 0.6 is 12.6 Å². The Hall–Kier alpha value is -0.155. The molecule has 5 heteroatoms. The van der Waals surface area contributed by atoms with Crippen LogP contribution in [0.5, 0.6) is 0 Å². The lowest BCUT2D eigenvalue weighted by atomic mass is 9.67. The topological polar surface area (TPSA) is 63.3 Å². The van der Waals surface area contributed by atoms with E-state index in [2.05, 4.69) is 12.6 Å². The van der Waals surface area contributed by atoms with Crippen molar-refractivity contribution in [3.05, 3.63) is 0 Å². The summed E-state index contributed by atoms with van der Waals surface area (Å²) in [4.78, 5) is 9.76. The standard InChI is InChI=1S/C2H6BNO2S/c4-3(1-7)2(5)6/h7H,1,4H2,(H,5,6). The quantitative estimate of drug-likeness (QED) is 0.344. The van der Waals surface area contributed by atoms with Gasteiger partial charge in [0.1, 0.15) is 0 Å². The summed E-state index contributed by atoms with van der Waals surface area (Å²) >= 11 is 3.65. The van der Waals surface area contributed by atoms with E-state index in [1.54, 1.807) is 0 Å². The molecule has 0 aromatic carbocycles. The maximum Gasteiger partial charge on any atom is 0.362 e. The van der Waals surface area contributed by atoms with E-state index in [4.69, 9.17) is 10.8 Å². The third kappa shape index (κ3) is 2.53. The molecule has 7 heavy (non-hydrogen) atoms. The van der Waals surface area contributed by atoms with E-state index in [9.17, 15) is 4.79 Å². The number of hydrogen-bond acceptors (Lipinski definition) is 3. The molecule has 0 rings (SSSR count). The average molecular weight is 119 g/mol. The predicted molar refractivity (Wildman–Crippen MR) is 31.8 cm³/mol. The lowest BCUT2D eigenvalue weighted by Gasteiger charge is -1.90. The van der Waals surface area contributed by atoms with Gasteiger partial charge in [-0.05, 0) is 5.65 Å². The maximum absolute atomic E-state index is 9.76. The molecule has 0 aromatic heterocycles. The van der Waals surface area contributed by atoms with Gasteiger partial charge in [0.05, 0.1) is 0 Å². The van der Waals surface area contributed by atoms with E-state index in [0.29, 0.717) is 0 Å². The summed E-state index contributed by atoms with van der Waals surface area (Å²) in [6.45, 7) is -0.816. The van der Waals surface area contributed by atoms with E-state index < -0.39 is 12.7 Å². The van der Waals surface area contributed by atoms with Crippen LogP contribution in [0.4, 0.5) is 4.79 Å². The van der Waals surface area contributed by atoms with Crippen LogP contribution in [-0.2, 0) is 0 Å². The Balaban J connectivity index is 3.34. The molecule has 0 fully saturated rings. The van der Waals surface area contributed by atoms with Crippen molar-refractivity contribution >= 4 is 25.3 Å². The first-order chi connectivity index (χ1) is 3.18. The molecule has 0 aliphatic rings. The second-order valence-corrected chi connectivity index (χ2v) is 1.49. The lowest BCUT2D eigenvalue weighted by Crippen LogP contribution is -2.37. The van der Waals surface area contributed by atoms with Crippen molar-refractivity contribution in [3.63, 3.8) is 0 Å². The SMILES string of the molecule is NB(CS)C(=O)O. The van der Waals surface area contributed by atoms with Gasteiger partial charge in [0.15, 0.2) is 0 Å². The highest BCUT2D eigenvalue weighted by Crippen LogP contribution is 1.77. The van der Waals surface area contributed by atoms with Crippen molar-refractivity contribution in [2.45, 2.75) is 0 Å². The van der Waals surface area contributed by atoms with Gasteiger partial charge in [0, 0.05) is 0 Å². The van der Waals surface area contributed by atoms with Gasteiger partial charge in [-0.2, -0.15) is 12.6 Å². The minimum Gasteiger partial charge on any atom is -0.488 e. The van der Waals surface area contributed by atoms with Gasteiger partial charge in [-0.15, -0.1) is 0 Å². The summed E-state index contributed by atoms with van der Waals surface area (Å²) in [6.07, 6.45) is 0. The minimum absolute atomic E-state index is 0.190. The first-order valence-corrected chi connectivity index (χ1v) is 2.41. The van der Waals surface area contributed by atoms with Crippen LogP contribution < -0.4 is 5.64 Å². The highest BCUT2D eigenvalue weighted by molar-refractivity contribution is 7.82. The van der Waals surface area contributed by atoms with Gasteiger partial charge < -0.3 is 10.8 Å². The molecular weight excluding hydrogens is 113 g/mol. The highest BCUT2D eigenvalue weighted by Gasteiger charge is 2.14. The molecule has 0 radical (unpaired) electrons. The summed E-state index contributed by atoms with van der Waals surface area (Å²) in [7, 11) is 0. The van der Waals surface area contributed by atoms with Gasteiger partial charge >= 0.3 is 6.85 Å². The van der Waals surface area contributed by atoms with Gasteiger partial charge in [-0.3, -0.25) is 4.79 Å². The second-order valence-electron chi connectivity index (χ2n) is 1.13. The molecule has 3 N–H and O–H groups in total. The Morgan fingerprint density at radius 3 is 2.43 bits per heavy atom. The van der Waals surface area contributed by atoms with Gasteiger partial charge in [0.25, 0.3) is 5.87 Å². The molecule has 0 saturated carbocycles. The van der Waals surface area contributed by atoms with Gasteiger partial charge in [-0.1, -0.05) is 0 Å². The van der Waals surface area contributed by atoms with Crippen LogP contribution in [0.25, 0.3) is 0 Å². The van der Waals surface area contributed by atoms with Crippen LogP contribution in [0, 0.1) is 0 Å². The molecule has 0 amide bonds. The molecular formula is C2H6BNO2S. The Morgan fingerprint density at radius 2 is 2.43 bits per heavy atom. The molecule has 3 nitrogen and oxygen atoms in total. The molecule has 0 aromatic rings. The van der Waals surface area contributed by atoms with Crippen molar-refractivity contribution in [2.24, 2.45) is 5.64 Å². The minimum atomic E-state index is -1.00. The Bertz CT molecular complexity index is 78.1. The first kappa shape index (κ1) is 6.84. The Morgan fingerprint density at radius 1 is 2.00 bits per heavy atom. The molecule has 0 heterocycles. The largest absolute Gasteiger partial charge is 0.488 e. The maximum atomic E-state index is 9.76. The molecule has 0 atom stereocenters. The van der Waals surface area contributed by atoms with E-state index >= 15 is 0 Å². The molecule has 0 bridgehead atoms. The molecule has 0 aliphatic carbocycles. The zero-order valence-corrected chi connectivity index (χ0v) is 4.56. The fourth-order valence-electron chi connectivity index (χ4n) is 0.0781. The normalized spacial score (nSPS) is 8.29. The molecule has 40 valence electrons. The van der Waals surface area contributed by atoms with Crippen molar-refractivity contribution in [3.8, 4) is 0 Å². The van der Waals surface area contributed by atoms with E-state index in [1.165, 1.54) is 0 Å². The van der Waals surface area contributed by atoms with Crippen LogP contribution in [-0.4, -0.2) is 23.5 Å². The smallest absolute Gasteiger partial charge is 0.362 e. The van der Waals surface area contributed by atoms with Crippen LogP contribution in [0.15, 0.2) is 0 Å². The van der Waals surface area contributed by atoms with Crippen LogP contribution in [0.1, 0.15) is 0 Å². The van der Waals surface area contributed by atoms with Crippen LogP contribution in [0.2, 0.25) is 0 Å². The van der Waals surface area contributed by atoms with Crippen molar-refractivity contribution in [1.82, 2.24) is 0 Å². The van der Waals surface area contributed by atoms with Gasteiger partial charge in [-0.25, -0.2) is 0 Å². The number of hydrogen-bond donors (Lipinski definition) is 3. The Labute approximate surface area is 47.4 Å². The summed E-state index contributed by atoms with van der Waals surface area (Å²) in [6, 6.07) is 0. The molecule has 0 saturated heterocycles. The van der Waals surface area contributed by atoms with Crippen molar-refractivity contribution in [2.75, 3.05) is 5.65 Å². The fraction of sp³-hybridized carbons (Fsp3) is 0.500. The third-order valence-electron chi connectivity index (χ3n) is 0.514. The zero-order chi connectivity index (χ0) is 5.86. The van der Waals surface area contributed by atoms with Crippen molar-refractivity contribution in [1.29, 1.82) is 0 Å². The summed E-state index contributed by atoms with van der Waals surface area (Å²) in [5.41, 5.74) is 5.13. The zero-order valence-electron chi connectivity index (χ0n) is 3.66. The second kappa shape index (κ2) is 2.93. The third-order valence-corrected chi connectivity index (χ3v) is 0.907. The number of thiol groups is 1. The van der Waals surface area contributed by atoms with E-state index in [1.807, 2.05) is 0 Å². The molecule has 0 spiro atoms. The first-order valence-electron chi connectivity index (χ1n) is 1.77. The average Bonchev–Trinajstić information content (AvgIpc) is 1.65. The number of carbonyl (C=O) groups is 1. The van der Waals surface area contributed by atoms with E-state index in [-0.39, 0.29) is 5.65 Å². The predicted octanol–water partition coefficient (Wildman–Crippen LogP) is -0.335. The summed E-state index contributed by atoms with van der Waals surface area (Å²) in [5, 5.41) is 8.01. The molecule has 0 aliphatic heterocycles. The number of rotatable bonds is 2. The lowest BCUT2D eigenvalue weighted by molar-refractivity contribution is 0.219. The number of carboxylic acid groups (broad SMARTS) is 1. The summed E-state index contributed by atoms with van der Waals surface area (Å²) in [5.74, 6) is -1.00. The fourth-order valence-corrected chi connectivity index (χ4v) is 0.234. The monoisotopic (exact) mass is 119 g/mol. The van der Waals surface area contributed by atoms with Gasteiger partial charge in [0.2, 0.25) is 0 Å². The van der Waals surface area contributed by atoms with Crippen molar-refractivity contribution < 1.29 is 9.90 Å².